The van der Waals surface area contributed by atoms with Crippen molar-refractivity contribution in [1.82, 2.24) is 13.6 Å². The summed E-state index contributed by atoms with van der Waals surface area (Å²) in [7, 11) is 0. The van der Waals surface area contributed by atoms with Crippen molar-refractivity contribution < 1.29 is 23.5 Å². The molecule has 1 aliphatic heterocycles. The molecular formula is C18H20FN3O4S. The van der Waals surface area contributed by atoms with Crippen molar-refractivity contribution in [2.75, 3.05) is 26.3 Å². The molecule has 1 fully saturated rings. The Bertz CT molecular complexity index is 805. The molecule has 2 aromatic rings. The van der Waals surface area contributed by atoms with Crippen molar-refractivity contribution in [3.63, 3.8) is 0 Å². The third-order valence-corrected chi connectivity index (χ3v) is 4.87. The van der Waals surface area contributed by atoms with Gasteiger partial charge in [0, 0.05) is 18.7 Å². The van der Waals surface area contributed by atoms with Crippen LogP contribution in [0.15, 0.2) is 24.3 Å². The molecule has 0 spiro atoms. The monoisotopic (exact) mass is 393 g/mol. The molecule has 0 atom stereocenters. The van der Waals surface area contributed by atoms with Crippen molar-refractivity contribution >= 4 is 23.6 Å². The fourth-order valence-electron chi connectivity index (χ4n) is 2.93. The first-order valence-corrected chi connectivity index (χ1v) is 9.47. The van der Waals surface area contributed by atoms with Crippen molar-refractivity contribution in [2.24, 2.45) is 5.92 Å². The number of nitrogens with zero attached hydrogens (tertiary/aromatic N) is 3. The quantitative estimate of drug-likeness (QED) is 0.702. The van der Waals surface area contributed by atoms with Gasteiger partial charge in [0.05, 0.1) is 24.3 Å². The summed E-state index contributed by atoms with van der Waals surface area (Å²) in [5.74, 6) is -0.714. The lowest BCUT2D eigenvalue weighted by molar-refractivity contribution is -0.151. The third kappa shape index (κ3) is 4.79. The average Bonchev–Trinajstić information content (AvgIpc) is 3.15. The first-order chi connectivity index (χ1) is 13.1. The molecule has 0 radical (unpaired) electrons. The molecule has 2 heterocycles. The maximum absolute atomic E-state index is 13.4. The predicted molar refractivity (Wildman–Crippen MR) is 96.7 cm³/mol. The molecular weight excluding hydrogens is 373 g/mol. The highest BCUT2D eigenvalue weighted by atomic mass is 32.1. The van der Waals surface area contributed by atoms with Gasteiger partial charge >= 0.3 is 5.97 Å². The van der Waals surface area contributed by atoms with E-state index in [1.807, 2.05) is 0 Å². The number of hydrogen-bond acceptors (Lipinski definition) is 7. The molecule has 0 unspecified atom stereocenters. The van der Waals surface area contributed by atoms with E-state index in [4.69, 9.17) is 9.47 Å². The molecule has 1 saturated heterocycles. The fourth-order valence-corrected chi connectivity index (χ4v) is 3.45. The van der Waals surface area contributed by atoms with Crippen LogP contribution in [0.3, 0.4) is 0 Å². The summed E-state index contributed by atoms with van der Waals surface area (Å²) in [6.07, 6.45) is 1.16. The summed E-state index contributed by atoms with van der Waals surface area (Å²) in [4.78, 5) is 25.8. The Kier molecular flexibility index (Phi) is 6.33. The Morgan fingerprint density at radius 3 is 2.78 bits per heavy atom. The van der Waals surface area contributed by atoms with E-state index in [2.05, 4.69) is 8.75 Å². The van der Waals surface area contributed by atoms with Crippen molar-refractivity contribution in [3.05, 3.63) is 30.1 Å². The number of piperidine rings is 1. The Hall–Kier alpha value is -2.55. The largest absolute Gasteiger partial charge is 0.466 e. The Labute approximate surface area is 160 Å². The van der Waals surface area contributed by atoms with E-state index in [-0.39, 0.29) is 36.1 Å². The van der Waals surface area contributed by atoms with Crippen LogP contribution in [0.4, 0.5) is 4.39 Å². The number of carbonyl (C=O) groups is 2. The number of amides is 1. The van der Waals surface area contributed by atoms with E-state index in [1.165, 1.54) is 12.1 Å². The Morgan fingerprint density at radius 2 is 2.07 bits per heavy atom. The summed E-state index contributed by atoms with van der Waals surface area (Å²) in [5.41, 5.74) is 0.953. The van der Waals surface area contributed by atoms with Gasteiger partial charge < -0.3 is 14.4 Å². The van der Waals surface area contributed by atoms with Crippen molar-refractivity contribution in [2.45, 2.75) is 19.8 Å². The molecule has 0 N–H and O–H groups in total. The lowest BCUT2D eigenvalue weighted by Gasteiger charge is -2.30. The van der Waals surface area contributed by atoms with Gasteiger partial charge in [-0.2, -0.15) is 4.37 Å². The van der Waals surface area contributed by atoms with Gasteiger partial charge in [0.1, 0.15) is 11.5 Å². The van der Waals surface area contributed by atoms with E-state index in [1.54, 1.807) is 24.0 Å². The molecule has 1 amide bonds. The lowest BCUT2D eigenvalue weighted by Crippen LogP contribution is -2.42. The van der Waals surface area contributed by atoms with Gasteiger partial charge in [0.25, 0.3) is 11.8 Å². The topological polar surface area (TPSA) is 81.6 Å². The van der Waals surface area contributed by atoms with E-state index in [0.717, 1.165) is 11.7 Å². The summed E-state index contributed by atoms with van der Waals surface area (Å²) >= 11 is 0.939. The highest BCUT2D eigenvalue weighted by molar-refractivity contribution is 6.99. The first kappa shape index (κ1) is 19.2. The molecule has 27 heavy (non-hydrogen) atoms. The highest BCUT2D eigenvalue weighted by Crippen LogP contribution is 2.28. The Morgan fingerprint density at radius 1 is 1.30 bits per heavy atom. The maximum atomic E-state index is 13.4. The number of benzene rings is 1. The van der Waals surface area contributed by atoms with Crippen LogP contribution in [0.2, 0.25) is 0 Å². The normalized spacial score (nSPS) is 14.8. The first-order valence-electron chi connectivity index (χ1n) is 8.74. The molecule has 0 aliphatic carbocycles. The van der Waals surface area contributed by atoms with Gasteiger partial charge in [-0.15, -0.1) is 4.37 Å². The second-order valence-corrected chi connectivity index (χ2v) is 6.65. The van der Waals surface area contributed by atoms with Gasteiger partial charge in [0.15, 0.2) is 6.61 Å². The molecule has 7 nitrogen and oxygen atoms in total. The molecule has 0 bridgehead atoms. The number of ether oxygens (including phenoxy) is 2. The third-order valence-electron chi connectivity index (χ3n) is 4.36. The lowest BCUT2D eigenvalue weighted by atomic mass is 9.97. The minimum atomic E-state index is -0.382. The molecule has 1 aliphatic rings. The zero-order valence-electron chi connectivity index (χ0n) is 14.9. The van der Waals surface area contributed by atoms with Crippen LogP contribution < -0.4 is 4.74 Å². The Balaban J connectivity index is 1.54. The van der Waals surface area contributed by atoms with Crippen LogP contribution in [0.25, 0.3) is 11.3 Å². The average molecular weight is 393 g/mol. The van der Waals surface area contributed by atoms with Crippen LogP contribution in [-0.2, 0) is 14.3 Å². The van der Waals surface area contributed by atoms with Crippen LogP contribution in [0, 0.1) is 11.7 Å². The van der Waals surface area contributed by atoms with Gasteiger partial charge in [-0.3, -0.25) is 9.59 Å². The summed E-state index contributed by atoms with van der Waals surface area (Å²) in [6.45, 7) is 2.92. The summed E-state index contributed by atoms with van der Waals surface area (Å²) < 4.78 is 32.1. The SMILES string of the molecule is CCOC(=O)C1CCN(C(=O)COc2nsnc2-c2cccc(F)c2)CC1. The number of carbonyl (C=O) groups excluding carboxylic acids is 2. The maximum Gasteiger partial charge on any atom is 0.309 e. The van der Waals surface area contributed by atoms with Crippen LogP contribution in [-0.4, -0.2) is 51.8 Å². The van der Waals surface area contributed by atoms with Crippen molar-refractivity contribution in [3.8, 4) is 17.1 Å². The van der Waals surface area contributed by atoms with Crippen molar-refractivity contribution in [1.29, 1.82) is 0 Å². The minimum Gasteiger partial charge on any atom is -0.466 e. The molecule has 1 aromatic carbocycles. The van der Waals surface area contributed by atoms with Gasteiger partial charge in [0.2, 0.25) is 0 Å². The molecule has 3 rings (SSSR count). The molecule has 0 saturated carbocycles. The standard InChI is InChI=1S/C18H20FN3O4S/c1-2-25-18(24)12-6-8-22(9-7-12)15(23)11-26-17-16(20-27-21-17)13-4-3-5-14(19)10-13/h3-5,10,12H,2,6-9,11H2,1H3. The number of rotatable bonds is 6. The smallest absolute Gasteiger partial charge is 0.309 e. The second kappa shape index (κ2) is 8.90. The second-order valence-electron chi connectivity index (χ2n) is 6.12. The molecule has 144 valence electrons. The zero-order valence-corrected chi connectivity index (χ0v) is 15.7. The number of esters is 1. The minimum absolute atomic E-state index is 0.155. The van der Waals surface area contributed by atoms with E-state index in [9.17, 15) is 14.0 Å². The number of hydrogen-bond donors (Lipinski definition) is 0. The number of likely N-dealkylation sites (tertiary alicyclic amines) is 1. The molecule has 1 aromatic heterocycles. The highest BCUT2D eigenvalue weighted by Gasteiger charge is 2.28. The van der Waals surface area contributed by atoms with Gasteiger partial charge in [-0.1, -0.05) is 12.1 Å². The summed E-state index contributed by atoms with van der Waals surface area (Å²) in [6, 6.07) is 5.96. The number of aromatic nitrogens is 2. The van der Waals surface area contributed by atoms with Gasteiger partial charge in [-0.05, 0) is 31.9 Å². The van der Waals surface area contributed by atoms with Gasteiger partial charge in [-0.25, -0.2) is 4.39 Å². The van der Waals surface area contributed by atoms with E-state index in [0.29, 0.717) is 43.8 Å². The van der Waals surface area contributed by atoms with Crippen LogP contribution in [0.1, 0.15) is 19.8 Å². The fraction of sp³-hybridized carbons (Fsp3) is 0.444. The zero-order chi connectivity index (χ0) is 19.2. The number of halogens is 1. The predicted octanol–water partition coefficient (Wildman–Crippen LogP) is 2.52. The van der Waals surface area contributed by atoms with Crippen LogP contribution in [0.5, 0.6) is 5.88 Å². The molecule has 9 heteroatoms. The van der Waals surface area contributed by atoms with E-state index < -0.39 is 0 Å². The van der Waals surface area contributed by atoms with E-state index >= 15 is 0 Å². The van der Waals surface area contributed by atoms with Crippen LogP contribution >= 0.6 is 11.7 Å². The summed E-state index contributed by atoms with van der Waals surface area (Å²) in [5, 5.41) is 0.